The summed E-state index contributed by atoms with van der Waals surface area (Å²) in [6, 6.07) is 16.5. The summed E-state index contributed by atoms with van der Waals surface area (Å²) in [6.45, 7) is 3.53. The van der Waals surface area contributed by atoms with Crippen LogP contribution in [0.2, 0.25) is 0 Å². The zero-order chi connectivity index (χ0) is 20.8. The Hall–Kier alpha value is -3.16. The molecule has 0 radical (unpaired) electrons. The molecular weight excluding hydrogens is 388 g/mol. The summed E-state index contributed by atoms with van der Waals surface area (Å²) in [5, 5.41) is 5.58. The second-order valence-electron chi connectivity index (χ2n) is 6.86. The predicted octanol–water partition coefficient (Wildman–Crippen LogP) is 4.36. The number of carbonyl (C=O) groups is 1. The third-order valence-electron chi connectivity index (χ3n) is 5.04. The molecule has 148 valence electrons. The van der Waals surface area contributed by atoms with Gasteiger partial charge in [0, 0.05) is 22.0 Å². The Kier molecular flexibility index (Phi) is 4.64. The number of sulfonamides is 1. The number of benzene rings is 3. The van der Waals surface area contributed by atoms with Gasteiger partial charge in [0.1, 0.15) is 5.58 Å². The lowest BCUT2D eigenvalue weighted by Gasteiger charge is -2.10. The van der Waals surface area contributed by atoms with E-state index in [4.69, 9.17) is 4.42 Å². The number of carbonyl (C=O) groups excluding carboxylic acids is 1. The van der Waals surface area contributed by atoms with E-state index in [0.717, 1.165) is 21.7 Å². The molecule has 0 saturated heterocycles. The average Bonchev–Trinajstić information content (AvgIpc) is 3.06. The number of fused-ring (bicyclic) bond motifs is 3. The molecular formula is C22H20N2O4S. The number of amides is 1. The van der Waals surface area contributed by atoms with Crippen LogP contribution < -0.4 is 10.0 Å². The van der Waals surface area contributed by atoms with Crippen LogP contribution in [0.4, 0.5) is 5.69 Å². The number of nitrogens with one attached hydrogen (secondary N) is 2. The first kappa shape index (κ1) is 19.2. The van der Waals surface area contributed by atoms with E-state index in [1.165, 1.54) is 13.1 Å². The standard InChI is InChI=1S/C22H20N2O4S/c1-13-8-10-16(12-19(13)29(26,27)23-3)24-22(25)20-14(2)17-11-9-15-6-4-5-7-18(15)21(17)28-20/h4-12,23H,1-3H3,(H,24,25). The Bertz CT molecular complexity index is 1370. The van der Waals surface area contributed by atoms with Gasteiger partial charge >= 0.3 is 0 Å². The van der Waals surface area contributed by atoms with Gasteiger partial charge in [0.25, 0.3) is 5.91 Å². The maximum absolute atomic E-state index is 12.9. The zero-order valence-electron chi connectivity index (χ0n) is 16.2. The predicted molar refractivity (Wildman–Crippen MR) is 114 cm³/mol. The average molecular weight is 408 g/mol. The first-order valence-electron chi connectivity index (χ1n) is 9.08. The highest BCUT2D eigenvalue weighted by atomic mass is 32.2. The fourth-order valence-electron chi connectivity index (χ4n) is 3.43. The van der Waals surface area contributed by atoms with Crippen molar-refractivity contribution in [3.05, 3.63) is 71.5 Å². The number of aryl methyl sites for hydroxylation is 2. The minimum Gasteiger partial charge on any atom is -0.450 e. The van der Waals surface area contributed by atoms with Crippen LogP contribution in [-0.2, 0) is 10.0 Å². The minimum atomic E-state index is -3.63. The lowest BCUT2D eigenvalue weighted by Crippen LogP contribution is -2.20. The summed E-state index contributed by atoms with van der Waals surface area (Å²) in [7, 11) is -2.28. The molecule has 0 bridgehead atoms. The van der Waals surface area contributed by atoms with E-state index in [1.54, 1.807) is 19.1 Å². The van der Waals surface area contributed by atoms with Crippen LogP contribution in [0.25, 0.3) is 21.7 Å². The monoisotopic (exact) mass is 408 g/mol. The topological polar surface area (TPSA) is 88.4 Å². The van der Waals surface area contributed by atoms with Crippen molar-refractivity contribution in [3.63, 3.8) is 0 Å². The maximum Gasteiger partial charge on any atom is 0.291 e. The van der Waals surface area contributed by atoms with Crippen LogP contribution >= 0.6 is 0 Å². The maximum atomic E-state index is 12.9. The molecule has 0 unspecified atom stereocenters. The van der Waals surface area contributed by atoms with E-state index in [0.29, 0.717) is 16.8 Å². The fraction of sp³-hybridized carbons (Fsp3) is 0.136. The van der Waals surface area contributed by atoms with Crippen LogP contribution in [-0.4, -0.2) is 21.4 Å². The molecule has 3 aromatic carbocycles. The second-order valence-corrected chi connectivity index (χ2v) is 8.72. The molecule has 29 heavy (non-hydrogen) atoms. The van der Waals surface area contributed by atoms with Gasteiger partial charge in [0.2, 0.25) is 10.0 Å². The van der Waals surface area contributed by atoms with E-state index in [-0.39, 0.29) is 10.7 Å². The molecule has 0 saturated carbocycles. The van der Waals surface area contributed by atoms with Crippen molar-refractivity contribution in [1.29, 1.82) is 0 Å². The van der Waals surface area contributed by atoms with E-state index in [9.17, 15) is 13.2 Å². The molecule has 1 aromatic heterocycles. The number of hydrogen-bond acceptors (Lipinski definition) is 4. The van der Waals surface area contributed by atoms with Crippen molar-refractivity contribution in [3.8, 4) is 0 Å². The molecule has 4 aromatic rings. The van der Waals surface area contributed by atoms with Crippen molar-refractivity contribution in [2.24, 2.45) is 0 Å². The molecule has 6 nitrogen and oxygen atoms in total. The summed E-state index contributed by atoms with van der Waals surface area (Å²) >= 11 is 0. The molecule has 0 aliphatic heterocycles. The highest BCUT2D eigenvalue weighted by Crippen LogP contribution is 2.32. The molecule has 0 fully saturated rings. The quantitative estimate of drug-likeness (QED) is 0.525. The third-order valence-corrected chi connectivity index (χ3v) is 6.60. The number of hydrogen-bond donors (Lipinski definition) is 2. The molecule has 0 spiro atoms. The number of rotatable bonds is 4. The van der Waals surface area contributed by atoms with Crippen LogP contribution in [0.5, 0.6) is 0 Å². The minimum absolute atomic E-state index is 0.116. The molecule has 1 amide bonds. The van der Waals surface area contributed by atoms with Gasteiger partial charge < -0.3 is 9.73 Å². The normalized spacial score (nSPS) is 11.8. The molecule has 0 aliphatic carbocycles. The molecule has 1 heterocycles. The van der Waals surface area contributed by atoms with Crippen LogP contribution in [0.1, 0.15) is 21.7 Å². The van der Waals surface area contributed by atoms with Crippen LogP contribution in [0.15, 0.2) is 63.9 Å². The SMILES string of the molecule is CNS(=O)(=O)c1cc(NC(=O)c2oc3c(ccc4ccccc43)c2C)ccc1C. The van der Waals surface area contributed by atoms with Gasteiger partial charge in [-0.3, -0.25) is 4.79 Å². The van der Waals surface area contributed by atoms with E-state index in [2.05, 4.69) is 10.0 Å². The Balaban J connectivity index is 1.74. The largest absolute Gasteiger partial charge is 0.450 e. The van der Waals surface area contributed by atoms with Crippen molar-refractivity contribution < 1.29 is 17.6 Å². The lowest BCUT2D eigenvalue weighted by atomic mass is 10.1. The summed E-state index contributed by atoms with van der Waals surface area (Å²) in [6.07, 6.45) is 0. The molecule has 0 aliphatic rings. The Labute approximate surface area is 168 Å². The molecule has 2 N–H and O–H groups in total. The Morgan fingerprint density at radius 2 is 1.72 bits per heavy atom. The highest BCUT2D eigenvalue weighted by molar-refractivity contribution is 7.89. The smallest absolute Gasteiger partial charge is 0.291 e. The summed E-state index contributed by atoms with van der Waals surface area (Å²) < 4.78 is 32.6. The van der Waals surface area contributed by atoms with Gasteiger partial charge in [-0.2, -0.15) is 0 Å². The van der Waals surface area contributed by atoms with Crippen molar-refractivity contribution in [2.75, 3.05) is 12.4 Å². The van der Waals surface area contributed by atoms with E-state index < -0.39 is 15.9 Å². The van der Waals surface area contributed by atoms with Gasteiger partial charge in [-0.1, -0.05) is 42.5 Å². The summed E-state index contributed by atoms with van der Waals surface area (Å²) in [5.74, 6) is -0.227. The highest BCUT2D eigenvalue weighted by Gasteiger charge is 2.21. The van der Waals surface area contributed by atoms with E-state index in [1.807, 2.05) is 43.3 Å². The fourth-order valence-corrected chi connectivity index (χ4v) is 4.42. The Morgan fingerprint density at radius 3 is 2.48 bits per heavy atom. The van der Waals surface area contributed by atoms with Gasteiger partial charge in [-0.05, 0) is 44.0 Å². The molecule has 0 atom stereocenters. The summed E-state index contributed by atoms with van der Waals surface area (Å²) in [4.78, 5) is 13.0. The lowest BCUT2D eigenvalue weighted by molar-refractivity contribution is 0.0998. The van der Waals surface area contributed by atoms with Gasteiger partial charge in [-0.15, -0.1) is 0 Å². The molecule has 7 heteroatoms. The van der Waals surface area contributed by atoms with E-state index >= 15 is 0 Å². The number of anilines is 1. The van der Waals surface area contributed by atoms with Crippen molar-refractivity contribution >= 4 is 43.4 Å². The van der Waals surface area contributed by atoms with Gasteiger partial charge in [0.05, 0.1) is 4.90 Å². The number of furan rings is 1. The van der Waals surface area contributed by atoms with Crippen molar-refractivity contribution in [1.82, 2.24) is 4.72 Å². The molecule has 4 rings (SSSR count). The zero-order valence-corrected chi connectivity index (χ0v) is 17.1. The third kappa shape index (κ3) is 3.28. The van der Waals surface area contributed by atoms with Gasteiger partial charge in [0.15, 0.2) is 5.76 Å². The van der Waals surface area contributed by atoms with Gasteiger partial charge in [-0.25, -0.2) is 13.1 Å². The Morgan fingerprint density at radius 1 is 0.966 bits per heavy atom. The summed E-state index contributed by atoms with van der Waals surface area (Å²) in [5.41, 5.74) is 2.36. The van der Waals surface area contributed by atoms with Crippen LogP contribution in [0, 0.1) is 13.8 Å². The second kappa shape index (κ2) is 7.02. The van der Waals surface area contributed by atoms with Crippen molar-refractivity contribution in [2.45, 2.75) is 18.7 Å². The van der Waals surface area contributed by atoms with Crippen LogP contribution in [0.3, 0.4) is 0 Å². The first-order chi connectivity index (χ1) is 13.8. The first-order valence-corrected chi connectivity index (χ1v) is 10.6.